The van der Waals surface area contributed by atoms with Crippen molar-refractivity contribution in [1.29, 1.82) is 0 Å². The highest BCUT2D eigenvalue weighted by Crippen LogP contribution is 2.28. The van der Waals surface area contributed by atoms with E-state index >= 15 is 0 Å². The van der Waals surface area contributed by atoms with Gasteiger partial charge in [-0.25, -0.2) is 8.42 Å². The highest BCUT2D eigenvalue weighted by Gasteiger charge is 2.22. The Morgan fingerprint density at radius 2 is 1.83 bits per heavy atom. The normalized spacial score (nSPS) is 11.7. The lowest BCUT2D eigenvalue weighted by molar-refractivity contribution is 0.102. The van der Waals surface area contributed by atoms with Crippen molar-refractivity contribution in [1.82, 2.24) is 10.2 Å². The lowest BCUT2D eigenvalue weighted by Crippen LogP contribution is -2.17. The molecule has 0 spiro atoms. The highest BCUT2D eigenvalue weighted by atomic mass is 32.2. The quantitative estimate of drug-likeness (QED) is 0.809. The van der Waals surface area contributed by atoms with Crippen molar-refractivity contribution in [3.05, 3.63) is 34.8 Å². The van der Waals surface area contributed by atoms with Gasteiger partial charge in [-0.3, -0.25) is 10.1 Å². The summed E-state index contributed by atoms with van der Waals surface area (Å²) in [6, 6.07) is 6.19. The standard InChI is InChI=1S/C16H21N3O3S2/c1-4-11(5-2)15-18-19-16(23-15)17-14(20)12-9-7-8-10-13(12)24(21,22)6-3/h7-11H,4-6H2,1-3H3,(H,17,19,20). The van der Waals surface area contributed by atoms with E-state index in [1.54, 1.807) is 19.1 Å². The Kier molecular flexibility index (Phi) is 6.06. The summed E-state index contributed by atoms with van der Waals surface area (Å²) in [6.45, 7) is 5.72. The molecule has 1 heterocycles. The zero-order valence-electron chi connectivity index (χ0n) is 13.9. The van der Waals surface area contributed by atoms with Gasteiger partial charge in [0.1, 0.15) is 5.01 Å². The molecule has 6 nitrogen and oxygen atoms in total. The SMILES string of the molecule is CCC(CC)c1nnc(NC(=O)c2ccccc2S(=O)(=O)CC)s1. The summed E-state index contributed by atoms with van der Waals surface area (Å²) >= 11 is 1.33. The van der Waals surface area contributed by atoms with Crippen molar-refractivity contribution >= 4 is 32.2 Å². The van der Waals surface area contributed by atoms with Crippen LogP contribution in [0.4, 0.5) is 5.13 Å². The topological polar surface area (TPSA) is 89.0 Å². The molecular formula is C16H21N3O3S2. The Hall–Kier alpha value is -1.80. The maximum absolute atomic E-state index is 12.5. The molecule has 2 rings (SSSR count). The summed E-state index contributed by atoms with van der Waals surface area (Å²) in [5, 5.41) is 12.0. The van der Waals surface area contributed by atoms with Crippen molar-refractivity contribution in [3.8, 4) is 0 Å². The fourth-order valence-corrected chi connectivity index (χ4v) is 4.43. The second-order valence-corrected chi connectivity index (χ2v) is 8.57. The Morgan fingerprint density at radius 3 is 2.46 bits per heavy atom. The van der Waals surface area contributed by atoms with Gasteiger partial charge in [0, 0.05) is 5.92 Å². The number of aromatic nitrogens is 2. The highest BCUT2D eigenvalue weighted by molar-refractivity contribution is 7.91. The zero-order chi connectivity index (χ0) is 17.7. The monoisotopic (exact) mass is 367 g/mol. The third-order valence-corrected chi connectivity index (χ3v) is 6.63. The van der Waals surface area contributed by atoms with E-state index in [1.165, 1.54) is 23.5 Å². The molecule has 0 fully saturated rings. The molecule has 1 aromatic heterocycles. The van der Waals surface area contributed by atoms with Crippen LogP contribution in [0.2, 0.25) is 0 Å². The molecule has 0 aliphatic heterocycles. The van der Waals surface area contributed by atoms with Gasteiger partial charge in [0.25, 0.3) is 5.91 Å². The largest absolute Gasteiger partial charge is 0.296 e. The molecule has 1 aromatic carbocycles. The zero-order valence-corrected chi connectivity index (χ0v) is 15.6. The Bertz CT molecular complexity index is 811. The van der Waals surface area contributed by atoms with E-state index in [-0.39, 0.29) is 16.2 Å². The lowest BCUT2D eigenvalue weighted by atomic mass is 10.1. The number of carbonyl (C=O) groups excluding carboxylic acids is 1. The molecule has 0 aliphatic carbocycles. The van der Waals surface area contributed by atoms with Crippen LogP contribution in [0.25, 0.3) is 0 Å². The molecule has 1 N–H and O–H groups in total. The first-order chi connectivity index (χ1) is 11.4. The fraction of sp³-hybridized carbons (Fsp3) is 0.438. The van der Waals surface area contributed by atoms with Crippen molar-refractivity contribution in [2.75, 3.05) is 11.1 Å². The molecule has 130 valence electrons. The molecule has 2 aromatic rings. The third-order valence-electron chi connectivity index (χ3n) is 3.84. The van der Waals surface area contributed by atoms with Gasteiger partial charge in [-0.05, 0) is 25.0 Å². The molecular weight excluding hydrogens is 346 g/mol. The molecule has 0 bridgehead atoms. The van der Waals surface area contributed by atoms with Crippen molar-refractivity contribution < 1.29 is 13.2 Å². The first-order valence-electron chi connectivity index (χ1n) is 7.89. The molecule has 0 saturated heterocycles. The molecule has 0 radical (unpaired) electrons. The number of rotatable bonds is 7. The van der Waals surface area contributed by atoms with Gasteiger partial charge in [-0.2, -0.15) is 0 Å². The Morgan fingerprint density at radius 1 is 1.17 bits per heavy atom. The summed E-state index contributed by atoms with van der Waals surface area (Å²) in [5.41, 5.74) is 0.124. The average Bonchev–Trinajstić information content (AvgIpc) is 3.04. The van der Waals surface area contributed by atoms with Crippen LogP contribution in [0, 0.1) is 0 Å². The fourth-order valence-electron chi connectivity index (χ4n) is 2.33. The number of sulfone groups is 1. The van der Waals surface area contributed by atoms with E-state index in [1.807, 2.05) is 0 Å². The number of nitrogens with zero attached hydrogens (tertiary/aromatic N) is 2. The van der Waals surface area contributed by atoms with Crippen molar-refractivity contribution in [2.24, 2.45) is 0 Å². The molecule has 0 unspecified atom stereocenters. The maximum atomic E-state index is 12.5. The van der Waals surface area contributed by atoms with E-state index in [9.17, 15) is 13.2 Å². The van der Waals surface area contributed by atoms with Gasteiger partial charge in [0.15, 0.2) is 9.84 Å². The van der Waals surface area contributed by atoms with Gasteiger partial charge in [-0.15, -0.1) is 10.2 Å². The van der Waals surface area contributed by atoms with E-state index < -0.39 is 15.7 Å². The minimum Gasteiger partial charge on any atom is -0.296 e. The predicted molar refractivity (Wildman–Crippen MR) is 95.4 cm³/mol. The van der Waals surface area contributed by atoms with Gasteiger partial charge in [-0.1, -0.05) is 44.2 Å². The first-order valence-corrected chi connectivity index (χ1v) is 10.4. The van der Waals surface area contributed by atoms with E-state index in [0.29, 0.717) is 11.0 Å². The molecule has 24 heavy (non-hydrogen) atoms. The molecule has 0 saturated carbocycles. The molecule has 8 heteroatoms. The van der Waals surface area contributed by atoms with Crippen molar-refractivity contribution in [2.45, 2.75) is 44.4 Å². The van der Waals surface area contributed by atoms with Crippen LogP contribution in [-0.4, -0.2) is 30.3 Å². The van der Waals surface area contributed by atoms with E-state index in [4.69, 9.17) is 0 Å². The summed E-state index contributed by atoms with van der Waals surface area (Å²) in [6.07, 6.45) is 1.91. The van der Waals surface area contributed by atoms with Crippen LogP contribution in [0.15, 0.2) is 29.2 Å². The van der Waals surface area contributed by atoms with Crippen LogP contribution in [-0.2, 0) is 9.84 Å². The number of nitrogens with one attached hydrogen (secondary N) is 1. The number of hydrogen-bond acceptors (Lipinski definition) is 6. The van der Waals surface area contributed by atoms with E-state index in [2.05, 4.69) is 29.4 Å². The van der Waals surface area contributed by atoms with Crippen LogP contribution >= 0.6 is 11.3 Å². The number of benzene rings is 1. The number of anilines is 1. The van der Waals surface area contributed by atoms with Gasteiger partial charge in [0.05, 0.1) is 16.2 Å². The van der Waals surface area contributed by atoms with Gasteiger partial charge < -0.3 is 0 Å². The second-order valence-electron chi connectivity index (χ2n) is 5.31. The van der Waals surface area contributed by atoms with E-state index in [0.717, 1.165) is 17.8 Å². The first kappa shape index (κ1) is 18.5. The van der Waals surface area contributed by atoms with Crippen LogP contribution in [0.5, 0.6) is 0 Å². The predicted octanol–water partition coefficient (Wildman–Crippen LogP) is 3.49. The third kappa shape index (κ3) is 3.99. The molecule has 0 atom stereocenters. The Labute approximate surface area is 146 Å². The minimum atomic E-state index is -3.48. The maximum Gasteiger partial charge on any atom is 0.258 e. The smallest absolute Gasteiger partial charge is 0.258 e. The number of hydrogen-bond donors (Lipinski definition) is 1. The van der Waals surface area contributed by atoms with Gasteiger partial charge in [0.2, 0.25) is 5.13 Å². The van der Waals surface area contributed by atoms with Gasteiger partial charge >= 0.3 is 0 Å². The van der Waals surface area contributed by atoms with Crippen LogP contribution in [0.1, 0.15) is 54.9 Å². The summed E-state index contributed by atoms with van der Waals surface area (Å²) in [5.74, 6) is -0.231. The summed E-state index contributed by atoms with van der Waals surface area (Å²) < 4.78 is 24.3. The Balaban J connectivity index is 2.26. The molecule has 1 amide bonds. The molecule has 0 aliphatic rings. The van der Waals surface area contributed by atoms with Crippen molar-refractivity contribution in [3.63, 3.8) is 0 Å². The van der Waals surface area contributed by atoms with Crippen LogP contribution in [0.3, 0.4) is 0 Å². The number of carbonyl (C=O) groups is 1. The second kappa shape index (κ2) is 7.85. The summed E-state index contributed by atoms with van der Waals surface area (Å²) in [7, 11) is -3.48. The lowest BCUT2D eigenvalue weighted by Gasteiger charge is -2.08. The minimum absolute atomic E-state index is 0.0368. The average molecular weight is 367 g/mol. The number of amides is 1. The summed E-state index contributed by atoms with van der Waals surface area (Å²) in [4.78, 5) is 12.5. The van der Waals surface area contributed by atoms with Crippen LogP contribution < -0.4 is 5.32 Å².